The van der Waals surface area contributed by atoms with Crippen molar-refractivity contribution in [1.29, 1.82) is 0 Å². The van der Waals surface area contributed by atoms with Crippen LogP contribution in [0.5, 0.6) is 0 Å². The van der Waals surface area contributed by atoms with Crippen molar-refractivity contribution in [3.8, 4) is 11.3 Å². The first-order valence-electron chi connectivity index (χ1n) is 36.0. The molecule has 5 aliphatic heterocycles. The van der Waals surface area contributed by atoms with Gasteiger partial charge in [-0.3, -0.25) is 43.2 Å². The summed E-state index contributed by atoms with van der Waals surface area (Å²) in [6.45, 7) is 19.6. The maximum Gasteiger partial charge on any atom is 0.410 e. The van der Waals surface area contributed by atoms with Crippen LogP contribution >= 0.6 is 22.9 Å². The molecule has 3 unspecified atom stereocenters. The van der Waals surface area contributed by atoms with Crippen LogP contribution in [0.25, 0.3) is 11.3 Å². The van der Waals surface area contributed by atoms with E-state index >= 15 is 0 Å². The van der Waals surface area contributed by atoms with Crippen molar-refractivity contribution in [2.45, 2.75) is 186 Å². The summed E-state index contributed by atoms with van der Waals surface area (Å²) in [6, 6.07) is 28.7. The Morgan fingerprint density at radius 1 is 0.557 bits per heavy atom. The number of ether oxygens (including phenoxy) is 1. The zero-order valence-corrected chi connectivity index (χ0v) is 61.4. The molecule has 0 spiro atoms. The van der Waals surface area contributed by atoms with Gasteiger partial charge in [-0.05, 0) is 177 Å². The highest BCUT2D eigenvalue weighted by atomic mass is 35.5. The van der Waals surface area contributed by atoms with Gasteiger partial charge in [0, 0.05) is 123 Å². The number of allylic oxidation sites excluding steroid dienone is 3. The second kappa shape index (κ2) is 32.6. The number of pyridine rings is 1. The third-order valence-corrected chi connectivity index (χ3v) is 21.4. The Hall–Kier alpha value is -10.3. The van der Waals surface area contributed by atoms with Crippen LogP contribution in [-0.2, 0) is 105 Å². The van der Waals surface area contributed by atoms with E-state index in [1.54, 1.807) is 43.3 Å². The van der Waals surface area contributed by atoms with Gasteiger partial charge < -0.3 is 29.7 Å². The number of rotatable bonds is 19. The number of fused-ring (bicyclic) bond motifs is 4. The zero-order chi connectivity index (χ0) is 75.3. The number of aromatic nitrogens is 2. The first-order valence-corrected chi connectivity index (χ1v) is 37.2. The van der Waals surface area contributed by atoms with Crippen LogP contribution in [0.15, 0.2) is 151 Å². The number of carbonyl (C=O) groups excluding carboxylic acids is 10. The van der Waals surface area contributed by atoms with Gasteiger partial charge in [0.2, 0.25) is 5.91 Å². The monoisotopic (exact) mass is 1470 g/mol. The number of nitrogens with one attached hydrogen (secondary N) is 1. The Labute approximate surface area is 623 Å². The van der Waals surface area contributed by atoms with E-state index in [0.29, 0.717) is 161 Å². The minimum absolute atomic E-state index is 0.00668. The first-order chi connectivity index (χ1) is 50.6. The van der Waals surface area contributed by atoms with Crippen molar-refractivity contribution in [2.75, 3.05) is 6.54 Å². The van der Waals surface area contributed by atoms with Crippen molar-refractivity contribution < 1.29 is 61.5 Å². The number of halogens is 3. The van der Waals surface area contributed by atoms with Crippen LogP contribution in [-0.4, -0.2) is 118 Å². The second-order valence-corrected chi connectivity index (χ2v) is 30.8. The summed E-state index contributed by atoms with van der Waals surface area (Å²) in [4.78, 5) is 141. The number of aryl methyl sites for hydroxylation is 3. The lowest BCUT2D eigenvalue weighted by Crippen LogP contribution is -2.49. The number of benzene rings is 5. The van der Waals surface area contributed by atoms with E-state index in [2.05, 4.69) is 41.1 Å². The molecule has 3 atom stereocenters. The van der Waals surface area contributed by atoms with Crippen LogP contribution in [0.2, 0.25) is 5.15 Å². The van der Waals surface area contributed by atoms with Crippen LogP contribution in [0.1, 0.15) is 183 Å². The molecule has 5 aromatic carbocycles. The zero-order valence-electron chi connectivity index (χ0n) is 59.8. The molecule has 7 aromatic rings. The summed E-state index contributed by atoms with van der Waals surface area (Å²) in [5, 5.41) is 5.37. The average molecular weight is 1470 g/mol. The van der Waals surface area contributed by atoms with Crippen LogP contribution in [0, 0.1) is 11.6 Å². The summed E-state index contributed by atoms with van der Waals surface area (Å²) in [6.07, 6.45) is 10.5. The normalized spacial score (nSPS) is 18.3. The molecule has 3 fully saturated rings. The fraction of sp³-hybridized carbons (Fsp3) is 0.357. The van der Waals surface area contributed by atoms with E-state index < -0.39 is 23.3 Å². The largest absolute Gasteiger partial charge is 0.444 e. The Balaban J connectivity index is 0.000000151. The summed E-state index contributed by atoms with van der Waals surface area (Å²) in [5.74, 6) is -1.42. The number of Topliss-reactive ketones (excluding diaryl/α,β-unsaturated/α-hetero) is 5. The van der Waals surface area contributed by atoms with Gasteiger partial charge in [0.1, 0.15) is 50.8 Å². The predicted octanol–water partition coefficient (Wildman–Crippen LogP) is 14.1. The van der Waals surface area contributed by atoms with Crippen molar-refractivity contribution in [2.24, 2.45) is 0 Å². The third-order valence-electron chi connectivity index (χ3n) is 20.3. The maximum absolute atomic E-state index is 14.0. The first kappa shape index (κ1) is 75.4. The van der Waals surface area contributed by atoms with Crippen molar-refractivity contribution in [3.05, 3.63) is 245 Å². The Bertz CT molecular complexity index is 4750. The quantitative estimate of drug-likeness (QED) is 0.0587. The molecule has 2 saturated carbocycles. The summed E-state index contributed by atoms with van der Waals surface area (Å²) >= 11 is 7.04. The molecular formula is C84H84ClF2N7O11S. The predicted molar refractivity (Wildman–Crippen MR) is 397 cm³/mol. The number of carbonyl (C=O) groups is 10. The van der Waals surface area contributed by atoms with Crippen molar-refractivity contribution >= 4 is 81.6 Å². The smallest absolute Gasteiger partial charge is 0.410 e. The highest BCUT2D eigenvalue weighted by Crippen LogP contribution is 2.36. The molecule has 14 rings (SSSR count). The molecule has 1 N–H and O–H groups in total. The van der Waals surface area contributed by atoms with E-state index in [9.17, 15) is 56.7 Å². The molecule has 2 aliphatic carbocycles. The fourth-order valence-electron chi connectivity index (χ4n) is 14.7. The number of ketones is 5. The van der Waals surface area contributed by atoms with E-state index in [0.717, 1.165) is 86.5 Å². The van der Waals surface area contributed by atoms with Crippen molar-refractivity contribution in [3.63, 3.8) is 0 Å². The van der Waals surface area contributed by atoms with Gasteiger partial charge >= 0.3 is 6.09 Å². The molecule has 106 heavy (non-hydrogen) atoms. The minimum atomic E-state index is -0.693. The van der Waals surface area contributed by atoms with Crippen molar-refractivity contribution in [1.82, 2.24) is 34.9 Å². The van der Waals surface area contributed by atoms with Crippen LogP contribution in [0.3, 0.4) is 0 Å². The SMILES string of the molecule is C=C1CCC(N2Cc3cc(CCC(=O)Cc4ccc(Cl)nc4)ccc3C2=O)C(=O)C1.C=C1CCC(N2Cc3cc(CCC(=O)Cc4ccc5c(c4)CCN(C(=O)OC(C)(C)C)C5)ccc3C2=O)C(=O)C1.C=C1CCC(N2Cc3cc(CCC(=O)Cc4nc(-c5ccc(F)cc5F)cs4)ccc3C2=O)C(=O)N1. The Morgan fingerprint density at radius 3 is 1.54 bits per heavy atom. The van der Waals surface area contributed by atoms with E-state index in [1.165, 1.54) is 29.0 Å². The van der Waals surface area contributed by atoms with Gasteiger partial charge in [0.15, 0.2) is 11.6 Å². The van der Waals surface area contributed by atoms with Gasteiger partial charge in [-0.2, -0.15) is 0 Å². The lowest BCUT2D eigenvalue weighted by atomic mass is 9.90. The topological polar surface area (TPSA) is 231 Å². The molecule has 2 aromatic heterocycles. The Kier molecular flexibility index (Phi) is 23.2. The van der Waals surface area contributed by atoms with Gasteiger partial charge in [-0.25, -0.2) is 23.5 Å². The van der Waals surface area contributed by atoms with Gasteiger partial charge in [0.25, 0.3) is 17.7 Å². The molecule has 7 heterocycles. The minimum Gasteiger partial charge on any atom is -0.444 e. The Morgan fingerprint density at radius 2 is 1.04 bits per heavy atom. The van der Waals surface area contributed by atoms with E-state index in [-0.39, 0.29) is 82.7 Å². The number of amides is 5. The van der Waals surface area contributed by atoms with Crippen LogP contribution < -0.4 is 5.32 Å². The van der Waals surface area contributed by atoms with Gasteiger partial charge in [0.05, 0.1) is 24.2 Å². The molecule has 22 heteroatoms. The van der Waals surface area contributed by atoms with Gasteiger partial charge in [-0.15, -0.1) is 11.3 Å². The number of nitrogens with zero attached hydrogens (tertiary/aromatic N) is 6. The third kappa shape index (κ3) is 18.3. The second-order valence-electron chi connectivity index (χ2n) is 29.5. The molecular weight excluding hydrogens is 1390 g/mol. The molecule has 0 radical (unpaired) electrons. The van der Waals surface area contributed by atoms with Crippen LogP contribution in [0.4, 0.5) is 13.6 Å². The lowest BCUT2D eigenvalue weighted by molar-refractivity contribution is -0.126. The molecule has 18 nitrogen and oxygen atoms in total. The maximum atomic E-state index is 14.0. The van der Waals surface area contributed by atoms with E-state index in [4.69, 9.17) is 16.3 Å². The van der Waals surface area contributed by atoms with Gasteiger partial charge in [-0.1, -0.05) is 103 Å². The summed E-state index contributed by atoms with van der Waals surface area (Å²) < 4.78 is 32.7. The lowest BCUT2D eigenvalue weighted by Gasteiger charge is -2.31. The highest BCUT2D eigenvalue weighted by Gasteiger charge is 2.41. The standard InChI is InChI=1S/C33H38N2O5.C27H23F2N3O3S.C24H23ClN2O3/c1-21-5-12-29(30(37)15-21)35-20-26-16-22(8-11-28(26)31(35)38)7-10-27(36)18-23-6-9-25-19-34(14-13-24(25)17-23)32(39)40-33(2,3)4;1-15-2-9-24(26(34)30-15)32-13-17-10-16(4-7-20(17)27(32)35)3-6-19(33)12-25-31-23(14-36-25)21-8-5-18(28)11-22(21)29;1-15-2-8-21(22(29)10-15)27-14-18-11-16(4-7-20(18)24(27)30)3-6-19(28)12-17-5-9-23(25)26-13-17/h6,8-9,11,16-17,29H,1,5,7,10,12-15,18-20H2,2-4H3;4-5,7-8,10-11,14,24H,1-3,6,9,12-13H2,(H,30,34);4-5,7,9,11,13,21H,1-3,6,8,10,12,14H2. The summed E-state index contributed by atoms with van der Waals surface area (Å²) in [7, 11) is 0. The number of piperidine rings is 1. The number of hydrogen-bond acceptors (Lipinski definition) is 14. The molecule has 5 amide bonds. The molecule has 0 bridgehead atoms. The highest BCUT2D eigenvalue weighted by molar-refractivity contribution is 7.10. The number of thiazole rings is 1. The average Bonchev–Trinajstić information content (AvgIpc) is 1.63. The molecule has 548 valence electrons. The molecule has 7 aliphatic rings. The van der Waals surface area contributed by atoms with E-state index in [1.807, 2.05) is 87.5 Å². The fourth-order valence-corrected chi connectivity index (χ4v) is 15.6. The number of hydrogen-bond donors (Lipinski definition) is 1. The molecule has 1 saturated heterocycles. The summed E-state index contributed by atoms with van der Waals surface area (Å²) in [5.41, 5.74) is 14.3.